The number of fused-ring (bicyclic) bond motifs is 2. The number of thiol groups is 1. The van der Waals surface area contributed by atoms with E-state index in [1.54, 1.807) is 30.4 Å². The fourth-order valence-corrected chi connectivity index (χ4v) is 11.9. The van der Waals surface area contributed by atoms with E-state index in [1.165, 1.54) is 36.5 Å². The van der Waals surface area contributed by atoms with Gasteiger partial charge in [0, 0.05) is 85.2 Å². The molecule has 29 heteroatoms. The predicted octanol–water partition coefficient (Wildman–Crippen LogP) is 4.80. The maximum absolute atomic E-state index is 13.3. The molecule has 0 saturated heterocycles. The summed E-state index contributed by atoms with van der Waals surface area (Å²) in [6.45, 7) is 8.44. The predicted molar refractivity (Wildman–Crippen MR) is 293 cm³/mol. The number of carbonyl (C=O) groups is 3. The van der Waals surface area contributed by atoms with Gasteiger partial charge in [-0.25, -0.2) is 13.6 Å². The van der Waals surface area contributed by atoms with E-state index < -0.39 is 73.1 Å². The smallest absolute Gasteiger partial charge is 0.294 e. The summed E-state index contributed by atoms with van der Waals surface area (Å²) < 4.78 is 126. The van der Waals surface area contributed by atoms with Gasteiger partial charge in [-0.05, 0) is 99.0 Å². The first-order chi connectivity index (χ1) is 35.9. The first kappa shape index (κ1) is 60.5. The summed E-state index contributed by atoms with van der Waals surface area (Å²) in [6.07, 6.45) is 11.0. The molecule has 0 atom stereocenters. The van der Waals surface area contributed by atoms with Crippen LogP contribution < -0.4 is 26.0 Å². The summed E-state index contributed by atoms with van der Waals surface area (Å²) in [7, 11) is -17.5. The average Bonchev–Trinajstić information content (AvgIpc) is 3.96. The highest BCUT2D eigenvalue weighted by atomic mass is 32.2. The van der Waals surface area contributed by atoms with Gasteiger partial charge in [-0.2, -0.15) is 42.5 Å². The van der Waals surface area contributed by atoms with Gasteiger partial charge >= 0.3 is 0 Å². The average molecular weight is 1180 g/mol. The number of hydrogen-bond acceptors (Lipinski definition) is 17. The van der Waals surface area contributed by atoms with E-state index in [0.29, 0.717) is 89.7 Å². The number of carbonyl (C=O) groups excluding carboxylic acids is 3. The van der Waals surface area contributed by atoms with Crippen LogP contribution in [-0.2, 0) is 60.8 Å². The van der Waals surface area contributed by atoms with Crippen LogP contribution >= 0.6 is 24.0 Å². The normalized spacial score (nSPS) is 16.0. The molecule has 0 saturated carbocycles. The Labute approximate surface area is 457 Å². The van der Waals surface area contributed by atoms with Crippen molar-refractivity contribution in [2.75, 3.05) is 47.9 Å². The number of primary sulfonamides is 1. The second-order valence-electron chi connectivity index (χ2n) is 19.0. The molecule has 0 bridgehead atoms. The molecule has 77 heavy (non-hydrogen) atoms. The summed E-state index contributed by atoms with van der Waals surface area (Å²) in [4.78, 5) is 44.0. The van der Waals surface area contributed by atoms with Crippen molar-refractivity contribution in [1.29, 1.82) is 0 Å². The van der Waals surface area contributed by atoms with Crippen LogP contribution in [0.15, 0.2) is 98.9 Å². The first-order valence-corrected chi connectivity index (χ1v) is 31.4. The van der Waals surface area contributed by atoms with Crippen molar-refractivity contribution in [3.05, 3.63) is 107 Å². The standard InChI is InChI=1S/C48H59N9O14S6/c1-47(2)35-28-33(76(66,67)68)14-17-38(35)56(24-8-26-72)40(47)19-12-31(13-20-41-48(3,4)36-29-34(77(69,70)71)15-18-39(36)57(41)25-9-27-74(61,62)63)37-16-11-32(30-52-37)44(60)51-22-7-5-6-10-42(58)50-23-21-43(59)53-45-54-55-46(73-45)75(49,64)65/h11-20,28-30H,5-10,21-27H2,1-4H3,(H8-,49,50,51,53,54,58,59,60,61,62,63,64,65,66,67,68,69,70,71,72)/p+1. The van der Waals surface area contributed by atoms with Crippen molar-refractivity contribution in [3.8, 4) is 0 Å². The SMILES string of the molecule is CC1(C)C(=CC=C(C=CC2=[N+](CCCS(=O)(=O)O)c3ccc(S(=O)(=O)O)cc3C2(C)C)c2ccc(C(=O)NCCCCCC(=O)NCCC(=O)Nc3nnc(S(N)(=O)=O)s3)cn2)N(CCCS)c2ccc(S(=O)(=O)O)cc21. The highest BCUT2D eigenvalue weighted by Gasteiger charge is 2.45. The molecule has 2 aliphatic rings. The number of pyridine rings is 1. The van der Waals surface area contributed by atoms with Crippen molar-refractivity contribution in [2.45, 2.75) is 97.6 Å². The molecule has 0 unspecified atom stereocenters. The zero-order valence-corrected chi connectivity index (χ0v) is 47.3. The lowest BCUT2D eigenvalue weighted by atomic mass is 9.81. The molecule has 6 rings (SSSR count). The van der Waals surface area contributed by atoms with Crippen LogP contribution in [0.2, 0.25) is 0 Å². The fraction of sp³-hybridized carbons (Fsp3) is 0.396. The second kappa shape index (κ2) is 24.5. The molecule has 0 fully saturated rings. The lowest BCUT2D eigenvalue weighted by Crippen LogP contribution is -2.28. The van der Waals surface area contributed by atoms with Crippen LogP contribution in [0.25, 0.3) is 5.57 Å². The number of anilines is 2. The molecule has 0 aliphatic carbocycles. The van der Waals surface area contributed by atoms with Gasteiger partial charge in [-0.15, -0.1) is 10.2 Å². The third-order valence-corrected chi connectivity index (χ3v) is 17.7. The molecule has 416 valence electrons. The number of nitrogens with two attached hydrogens (primary N) is 1. The summed E-state index contributed by atoms with van der Waals surface area (Å²) >= 11 is 5.03. The number of allylic oxidation sites excluding steroid dienone is 6. The third-order valence-electron chi connectivity index (χ3n) is 12.7. The van der Waals surface area contributed by atoms with E-state index in [4.69, 9.17) is 5.14 Å². The number of aromatic nitrogens is 3. The topological polar surface area (TPSA) is 355 Å². The van der Waals surface area contributed by atoms with Crippen LogP contribution in [0.3, 0.4) is 0 Å². The summed E-state index contributed by atoms with van der Waals surface area (Å²) in [5, 5.41) is 19.8. The minimum Gasteiger partial charge on any atom is -0.356 e. The molecule has 2 aliphatic heterocycles. The van der Waals surface area contributed by atoms with Crippen molar-refractivity contribution in [3.63, 3.8) is 0 Å². The maximum atomic E-state index is 13.3. The molecule has 4 heterocycles. The molecule has 8 N–H and O–H groups in total. The molecule has 23 nitrogen and oxygen atoms in total. The fourth-order valence-electron chi connectivity index (χ4n) is 8.86. The Balaban J connectivity index is 1.21. The van der Waals surface area contributed by atoms with E-state index in [2.05, 4.69) is 48.7 Å². The number of nitrogens with zero attached hydrogens (tertiary/aromatic N) is 5. The zero-order valence-electron chi connectivity index (χ0n) is 42.3. The monoisotopic (exact) mass is 1180 g/mol. The van der Waals surface area contributed by atoms with E-state index in [9.17, 15) is 61.7 Å². The number of nitrogens with one attached hydrogen (secondary N) is 3. The summed E-state index contributed by atoms with van der Waals surface area (Å²) in [6, 6.07) is 11.8. The number of rotatable bonds is 25. The Kier molecular flexibility index (Phi) is 19.2. The molecule has 4 aromatic rings. The van der Waals surface area contributed by atoms with Gasteiger partial charge in [0.05, 0.1) is 32.2 Å². The van der Waals surface area contributed by atoms with E-state index in [0.717, 1.165) is 11.4 Å². The van der Waals surface area contributed by atoms with Gasteiger partial charge in [-0.1, -0.05) is 37.7 Å². The molecule has 2 aromatic heterocycles. The largest absolute Gasteiger partial charge is 0.356 e. The van der Waals surface area contributed by atoms with Crippen LogP contribution in [0, 0.1) is 0 Å². The van der Waals surface area contributed by atoms with Gasteiger partial charge < -0.3 is 20.9 Å². The Hall–Kier alpha value is -5.76. The maximum Gasteiger partial charge on any atom is 0.294 e. The van der Waals surface area contributed by atoms with Gasteiger partial charge in [0.15, 0.2) is 5.71 Å². The zero-order chi connectivity index (χ0) is 56.7. The quantitative estimate of drug-likeness (QED) is 0.0110. The van der Waals surface area contributed by atoms with E-state index >= 15 is 0 Å². The molecule has 0 radical (unpaired) electrons. The number of unbranched alkanes of at least 4 members (excludes halogenated alkanes) is 2. The Morgan fingerprint density at radius 2 is 1.48 bits per heavy atom. The van der Waals surface area contributed by atoms with Gasteiger partial charge in [0.2, 0.25) is 27.0 Å². The number of sulfonamides is 1. The van der Waals surface area contributed by atoms with E-state index in [1.807, 2.05) is 44.4 Å². The number of hydrogen-bond donors (Lipinski definition) is 8. The molecule has 3 amide bonds. The number of benzene rings is 2. The van der Waals surface area contributed by atoms with Crippen LogP contribution in [0.1, 0.15) is 99.8 Å². The minimum absolute atomic E-state index is 0.00456. The highest BCUT2D eigenvalue weighted by molar-refractivity contribution is 7.91. The Bertz CT molecular complexity index is 3520. The van der Waals surface area contributed by atoms with Crippen LogP contribution in [-0.4, -0.2) is 128 Å². The van der Waals surface area contributed by atoms with Crippen LogP contribution in [0.4, 0.5) is 16.5 Å². The number of amides is 3. The van der Waals surface area contributed by atoms with Crippen molar-refractivity contribution in [2.24, 2.45) is 5.14 Å². The van der Waals surface area contributed by atoms with Gasteiger partial charge in [0.25, 0.3) is 46.3 Å². The minimum atomic E-state index is -4.61. The van der Waals surface area contributed by atoms with Crippen molar-refractivity contribution < 1.29 is 66.3 Å². The van der Waals surface area contributed by atoms with Crippen molar-refractivity contribution in [1.82, 2.24) is 25.8 Å². The van der Waals surface area contributed by atoms with Gasteiger partial charge in [-0.3, -0.25) is 33.0 Å². The van der Waals surface area contributed by atoms with Crippen molar-refractivity contribution >= 4 is 110 Å². The lowest BCUT2D eigenvalue weighted by molar-refractivity contribution is -0.437. The highest BCUT2D eigenvalue weighted by Crippen LogP contribution is 2.49. The van der Waals surface area contributed by atoms with Crippen LogP contribution in [0.5, 0.6) is 0 Å². The summed E-state index contributed by atoms with van der Waals surface area (Å²) in [5.74, 6) is -1.20. The molecular weight excluding hydrogens is 1120 g/mol. The Morgan fingerprint density at radius 1 is 0.792 bits per heavy atom. The third kappa shape index (κ3) is 15.5. The Morgan fingerprint density at radius 3 is 2.10 bits per heavy atom. The lowest BCUT2D eigenvalue weighted by Gasteiger charge is -2.27. The first-order valence-electron chi connectivity index (χ1n) is 23.9. The van der Waals surface area contributed by atoms with Gasteiger partial charge in [0.1, 0.15) is 6.54 Å². The molecule has 2 aromatic carbocycles. The molecular formula is C48H60N9O14S6+. The van der Waals surface area contributed by atoms with E-state index in [-0.39, 0.29) is 58.7 Å². The summed E-state index contributed by atoms with van der Waals surface area (Å²) in [5.41, 5.74) is 3.27. The molecule has 0 spiro atoms. The second-order valence-corrected chi connectivity index (χ2v) is 26.6.